The van der Waals surface area contributed by atoms with Crippen molar-refractivity contribution in [3.63, 3.8) is 0 Å². The van der Waals surface area contributed by atoms with Gasteiger partial charge in [0.25, 0.3) is 0 Å². The highest BCUT2D eigenvalue weighted by molar-refractivity contribution is 5.77. The third-order valence-electron chi connectivity index (χ3n) is 3.00. The number of fused-ring (bicyclic) bond motifs is 1. The van der Waals surface area contributed by atoms with Crippen LogP contribution in [0.4, 0.5) is 10.3 Å². The van der Waals surface area contributed by atoms with Crippen molar-refractivity contribution in [2.45, 2.75) is 6.92 Å². The molecule has 0 bridgehead atoms. The van der Waals surface area contributed by atoms with E-state index in [1.807, 2.05) is 19.1 Å². The molecular weight excluding hydrogens is 257 g/mol. The Hall–Kier alpha value is -2.94. The zero-order valence-corrected chi connectivity index (χ0v) is 10.6. The maximum atomic E-state index is 13.4. The van der Waals surface area contributed by atoms with Crippen LogP contribution < -0.4 is 5.73 Å². The SMILES string of the molecule is Cc1ccc2nc(N)n(-c3ccc(F)c(C#N)c3)c2n1. The summed E-state index contributed by atoms with van der Waals surface area (Å²) in [6.45, 7) is 1.86. The molecular formula is C14H10FN5. The molecule has 2 heterocycles. The summed E-state index contributed by atoms with van der Waals surface area (Å²) in [6.07, 6.45) is 0. The molecule has 98 valence electrons. The molecule has 0 aliphatic heterocycles. The molecule has 6 heteroatoms. The number of hydrogen-bond acceptors (Lipinski definition) is 4. The molecule has 2 N–H and O–H groups in total. The van der Waals surface area contributed by atoms with Crippen molar-refractivity contribution in [1.29, 1.82) is 5.26 Å². The molecule has 0 saturated heterocycles. The van der Waals surface area contributed by atoms with E-state index in [1.165, 1.54) is 18.2 Å². The second-order valence-electron chi connectivity index (χ2n) is 4.38. The van der Waals surface area contributed by atoms with Crippen molar-refractivity contribution >= 4 is 17.1 Å². The minimum atomic E-state index is -0.566. The monoisotopic (exact) mass is 267 g/mol. The van der Waals surface area contributed by atoms with Crippen molar-refractivity contribution < 1.29 is 4.39 Å². The van der Waals surface area contributed by atoms with E-state index in [0.29, 0.717) is 16.9 Å². The summed E-state index contributed by atoms with van der Waals surface area (Å²) in [7, 11) is 0. The molecule has 1 aromatic carbocycles. The molecule has 0 amide bonds. The van der Waals surface area contributed by atoms with E-state index in [0.717, 1.165) is 5.69 Å². The number of halogens is 1. The summed E-state index contributed by atoms with van der Waals surface area (Å²) in [5, 5.41) is 8.91. The summed E-state index contributed by atoms with van der Waals surface area (Å²) < 4.78 is 15.0. The Labute approximate surface area is 114 Å². The van der Waals surface area contributed by atoms with Crippen molar-refractivity contribution in [2.24, 2.45) is 0 Å². The first-order valence-electron chi connectivity index (χ1n) is 5.92. The number of hydrogen-bond donors (Lipinski definition) is 1. The first-order valence-corrected chi connectivity index (χ1v) is 5.92. The lowest BCUT2D eigenvalue weighted by molar-refractivity contribution is 0.623. The highest BCUT2D eigenvalue weighted by atomic mass is 19.1. The highest BCUT2D eigenvalue weighted by Gasteiger charge is 2.13. The number of nitrogens with two attached hydrogens (primary N) is 1. The Kier molecular flexibility index (Phi) is 2.61. The number of aryl methyl sites for hydroxylation is 1. The fraction of sp³-hybridized carbons (Fsp3) is 0.0714. The van der Waals surface area contributed by atoms with Gasteiger partial charge in [-0.05, 0) is 37.3 Å². The van der Waals surface area contributed by atoms with Crippen LogP contribution in [-0.2, 0) is 0 Å². The quantitative estimate of drug-likeness (QED) is 0.733. The second kappa shape index (κ2) is 4.31. The number of aromatic nitrogens is 3. The molecule has 3 aromatic rings. The van der Waals surface area contributed by atoms with Crippen LogP contribution in [0.2, 0.25) is 0 Å². The fourth-order valence-electron chi connectivity index (χ4n) is 2.06. The number of benzene rings is 1. The standard InChI is InChI=1S/C14H10FN5/c1-8-2-5-12-13(18-8)20(14(17)19-12)10-3-4-11(15)9(6-10)7-16/h2-6H,1H3,(H2,17,19). The Balaban J connectivity index is 2.32. The van der Waals surface area contributed by atoms with E-state index in [9.17, 15) is 4.39 Å². The van der Waals surface area contributed by atoms with Crippen LogP contribution in [0.15, 0.2) is 30.3 Å². The molecule has 0 aliphatic carbocycles. The number of nitrogens with zero attached hydrogens (tertiary/aromatic N) is 4. The van der Waals surface area contributed by atoms with Gasteiger partial charge in [0.1, 0.15) is 17.4 Å². The number of nitriles is 1. The predicted molar refractivity (Wildman–Crippen MR) is 72.7 cm³/mol. The normalized spacial score (nSPS) is 10.7. The van der Waals surface area contributed by atoms with Crippen LogP contribution in [0.3, 0.4) is 0 Å². The van der Waals surface area contributed by atoms with E-state index in [4.69, 9.17) is 11.0 Å². The van der Waals surface area contributed by atoms with Gasteiger partial charge in [-0.1, -0.05) is 0 Å². The molecule has 5 nitrogen and oxygen atoms in total. The Morgan fingerprint density at radius 2 is 2.05 bits per heavy atom. The first kappa shape index (κ1) is 12.1. The van der Waals surface area contributed by atoms with Gasteiger partial charge in [-0.2, -0.15) is 5.26 Å². The number of imidazole rings is 1. The number of nitrogen functional groups attached to an aromatic ring is 1. The highest BCUT2D eigenvalue weighted by Crippen LogP contribution is 2.23. The van der Waals surface area contributed by atoms with Crippen LogP contribution in [0, 0.1) is 24.1 Å². The first-order chi connectivity index (χ1) is 9.60. The molecule has 0 aliphatic rings. The smallest absolute Gasteiger partial charge is 0.207 e. The van der Waals surface area contributed by atoms with Crippen LogP contribution in [0.25, 0.3) is 16.9 Å². The molecule has 0 radical (unpaired) electrons. The molecule has 0 fully saturated rings. The van der Waals surface area contributed by atoms with Gasteiger partial charge in [-0.25, -0.2) is 14.4 Å². The minimum Gasteiger partial charge on any atom is -0.369 e. The van der Waals surface area contributed by atoms with E-state index >= 15 is 0 Å². The maximum absolute atomic E-state index is 13.4. The molecule has 20 heavy (non-hydrogen) atoms. The molecule has 0 unspecified atom stereocenters. The summed E-state index contributed by atoms with van der Waals surface area (Å²) in [5.74, 6) is -0.322. The van der Waals surface area contributed by atoms with Crippen LogP contribution in [0.5, 0.6) is 0 Å². The van der Waals surface area contributed by atoms with Gasteiger partial charge >= 0.3 is 0 Å². The Bertz CT molecular complexity index is 860. The maximum Gasteiger partial charge on any atom is 0.207 e. The number of rotatable bonds is 1. The number of pyridine rings is 1. The van der Waals surface area contributed by atoms with Crippen LogP contribution in [-0.4, -0.2) is 14.5 Å². The molecule has 3 rings (SSSR count). The fourth-order valence-corrected chi connectivity index (χ4v) is 2.06. The number of anilines is 1. The van der Waals surface area contributed by atoms with Gasteiger partial charge in [0.05, 0.1) is 11.3 Å². The Morgan fingerprint density at radius 3 is 2.80 bits per heavy atom. The topological polar surface area (TPSA) is 80.5 Å². The average molecular weight is 267 g/mol. The lowest BCUT2D eigenvalue weighted by atomic mass is 10.2. The van der Waals surface area contributed by atoms with Gasteiger partial charge in [-0.15, -0.1) is 0 Å². The van der Waals surface area contributed by atoms with Gasteiger partial charge in [0.2, 0.25) is 5.95 Å². The average Bonchev–Trinajstić information content (AvgIpc) is 2.75. The van der Waals surface area contributed by atoms with Gasteiger partial charge in [0, 0.05) is 5.69 Å². The third kappa shape index (κ3) is 1.77. The summed E-state index contributed by atoms with van der Waals surface area (Å²) in [6, 6.07) is 9.66. The van der Waals surface area contributed by atoms with Crippen molar-refractivity contribution in [3.8, 4) is 11.8 Å². The van der Waals surface area contributed by atoms with Crippen molar-refractivity contribution in [3.05, 3.63) is 47.4 Å². The van der Waals surface area contributed by atoms with Crippen LogP contribution in [0.1, 0.15) is 11.3 Å². The lowest BCUT2D eigenvalue weighted by Crippen LogP contribution is -2.02. The van der Waals surface area contributed by atoms with Gasteiger partial charge < -0.3 is 5.73 Å². The van der Waals surface area contributed by atoms with E-state index in [-0.39, 0.29) is 11.5 Å². The molecule has 2 aromatic heterocycles. The zero-order chi connectivity index (χ0) is 14.3. The molecule has 0 atom stereocenters. The van der Waals surface area contributed by atoms with E-state index < -0.39 is 5.82 Å². The lowest BCUT2D eigenvalue weighted by Gasteiger charge is -2.06. The largest absolute Gasteiger partial charge is 0.369 e. The molecule has 0 spiro atoms. The van der Waals surface area contributed by atoms with E-state index in [1.54, 1.807) is 10.6 Å². The minimum absolute atomic E-state index is 0.0450. The summed E-state index contributed by atoms with van der Waals surface area (Å²) in [5.41, 5.74) is 8.46. The predicted octanol–water partition coefficient (Wildman–Crippen LogP) is 2.32. The Morgan fingerprint density at radius 1 is 1.25 bits per heavy atom. The zero-order valence-electron chi connectivity index (χ0n) is 10.6. The van der Waals surface area contributed by atoms with Gasteiger partial charge in [0.15, 0.2) is 5.65 Å². The van der Waals surface area contributed by atoms with Crippen molar-refractivity contribution in [2.75, 3.05) is 5.73 Å². The molecule has 0 saturated carbocycles. The second-order valence-corrected chi connectivity index (χ2v) is 4.38. The summed E-state index contributed by atoms with van der Waals surface area (Å²) >= 11 is 0. The van der Waals surface area contributed by atoms with E-state index in [2.05, 4.69) is 9.97 Å². The van der Waals surface area contributed by atoms with Crippen molar-refractivity contribution in [1.82, 2.24) is 14.5 Å². The summed E-state index contributed by atoms with van der Waals surface area (Å²) in [4.78, 5) is 8.60. The van der Waals surface area contributed by atoms with Gasteiger partial charge in [-0.3, -0.25) is 4.57 Å². The third-order valence-corrected chi connectivity index (χ3v) is 3.00. The van der Waals surface area contributed by atoms with Crippen LogP contribution >= 0.6 is 0 Å².